The SMILES string of the molecule is Nc1ccccc1NC(=O)CCS(=O)(=O)C1CCCC1. The van der Waals surface area contributed by atoms with Crippen molar-refractivity contribution in [3.8, 4) is 0 Å². The van der Waals surface area contributed by atoms with Gasteiger partial charge in [-0.2, -0.15) is 0 Å². The topological polar surface area (TPSA) is 89.3 Å². The Morgan fingerprint density at radius 1 is 1.25 bits per heavy atom. The van der Waals surface area contributed by atoms with E-state index in [4.69, 9.17) is 5.73 Å². The van der Waals surface area contributed by atoms with Crippen LogP contribution in [0.15, 0.2) is 24.3 Å². The van der Waals surface area contributed by atoms with Crippen LogP contribution in [0.4, 0.5) is 11.4 Å². The van der Waals surface area contributed by atoms with Crippen molar-refractivity contribution in [2.75, 3.05) is 16.8 Å². The zero-order valence-electron chi connectivity index (χ0n) is 11.3. The highest BCUT2D eigenvalue weighted by Crippen LogP contribution is 2.25. The van der Waals surface area contributed by atoms with Gasteiger partial charge in [0.05, 0.1) is 22.4 Å². The van der Waals surface area contributed by atoms with Gasteiger partial charge in [0, 0.05) is 6.42 Å². The van der Waals surface area contributed by atoms with Crippen molar-refractivity contribution in [1.82, 2.24) is 0 Å². The molecule has 2 rings (SSSR count). The molecule has 0 aromatic heterocycles. The van der Waals surface area contributed by atoms with E-state index in [0.29, 0.717) is 11.4 Å². The molecule has 1 aromatic carbocycles. The Hall–Kier alpha value is -1.56. The van der Waals surface area contributed by atoms with E-state index in [0.717, 1.165) is 25.7 Å². The number of rotatable bonds is 5. The molecule has 20 heavy (non-hydrogen) atoms. The van der Waals surface area contributed by atoms with Crippen molar-refractivity contribution in [2.24, 2.45) is 0 Å². The van der Waals surface area contributed by atoms with Gasteiger partial charge in [0.15, 0.2) is 9.84 Å². The molecule has 0 spiro atoms. The molecule has 1 fully saturated rings. The first-order chi connectivity index (χ1) is 9.49. The standard InChI is InChI=1S/C14H20N2O3S/c15-12-7-3-4-8-13(12)16-14(17)9-10-20(18,19)11-5-1-2-6-11/h3-4,7-8,11H,1-2,5-6,9-10,15H2,(H,16,17). The molecule has 0 radical (unpaired) electrons. The van der Waals surface area contributed by atoms with Crippen LogP contribution in [0.25, 0.3) is 0 Å². The van der Waals surface area contributed by atoms with E-state index >= 15 is 0 Å². The van der Waals surface area contributed by atoms with Crippen molar-refractivity contribution in [1.29, 1.82) is 0 Å². The minimum Gasteiger partial charge on any atom is -0.397 e. The molecular weight excluding hydrogens is 276 g/mol. The number of carbonyl (C=O) groups is 1. The molecule has 0 heterocycles. The van der Waals surface area contributed by atoms with Gasteiger partial charge in [-0.05, 0) is 25.0 Å². The lowest BCUT2D eigenvalue weighted by atomic mass is 10.2. The highest BCUT2D eigenvalue weighted by atomic mass is 32.2. The van der Waals surface area contributed by atoms with Crippen molar-refractivity contribution in [3.05, 3.63) is 24.3 Å². The summed E-state index contributed by atoms with van der Waals surface area (Å²) in [5.41, 5.74) is 6.71. The lowest BCUT2D eigenvalue weighted by Crippen LogP contribution is -2.24. The Labute approximate surface area is 119 Å². The maximum atomic E-state index is 12.1. The maximum absolute atomic E-state index is 12.1. The number of hydrogen-bond acceptors (Lipinski definition) is 4. The maximum Gasteiger partial charge on any atom is 0.225 e. The highest BCUT2D eigenvalue weighted by molar-refractivity contribution is 7.92. The summed E-state index contributed by atoms with van der Waals surface area (Å²) in [6.07, 6.45) is 3.38. The lowest BCUT2D eigenvalue weighted by molar-refractivity contribution is -0.115. The number of nitrogen functional groups attached to an aromatic ring is 1. The number of sulfone groups is 1. The number of benzene rings is 1. The van der Waals surface area contributed by atoms with Gasteiger partial charge in [0.2, 0.25) is 5.91 Å². The third-order valence-corrected chi connectivity index (χ3v) is 5.92. The van der Waals surface area contributed by atoms with Gasteiger partial charge in [-0.25, -0.2) is 8.42 Å². The molecule has 0 bridgehead atoms. The summed E-state index contributed by atoms with van der Waals surface area (Å²) in [5, 5.41) is 2.39. The van der Waals surface area contributed by atoms with Gasteiger partial charge < -0.3 is 11.1 Å². The Balaban J connectivity index is 1.88. The molecule has 1 saturated carbocycles. The number of amides is 1. The molecule has 0 unspecified atom stereocenters. The summed E-state index contributed by atoms with van der Waals surface area (Å²) in [7, 11) is -3.15. The molecule has 5 nitrogen and oxygen atoms in total. The lowest BCUT2D eigenvalue weighted by Gasteiger charge is -2.11. The van der Waals surface area contributed by atoms with Crippen molar-refractivity contribution >= 4 is 27.1 Å². The third kappa shape index (κ3) is 3.72. The normalized spacial score (nSPS) is 16.2. The van der Waals surface area contributed by atoms with Crippen molar-refractivity contribution in [2.45, 2.75) is 37.4 Å². The van der Waals surface area contributed by atoms with E-state index in [2.05, 4.69) is 5.32 Å². The molecule has 6 heteroatoms. The number of hydrogen-bond donors (Lipinski definition) is 2. The molecule has 0 saturated heterocycles. The predicted molar refractivity (Wildman–Crippen MR) is 80.1 cm³/mol. The summed E-state index contributed by atoms with van der Waals surface area (Å²) in [6.45, 7) is 0. The van der Waals surface area contributed by atoms with Crippen LogP contribution in [0, 0.1) is 0 Å². The van der Waals surface area contributed by atoms with Crippen LogP contribution in [0.5, 0.6) is 0 Å². The predicted octanol–water partition coefficient (Wildman–Crippen LogP) is 1.95. The Morgan fingerprint density at radius 2 is 1.90 bits per heavy atom. The number of nitrogens with two attached hydrogens (primary N) is 1. The Bertz CT molecular complexity index is 578. The molecule has 1 aromatic rings. The van der Waals surface area contributed by atoms with Gasteiger partial charge in [0.25, 0.3) is 0 Å². The first kappa shape index (κ1) is 14.8. The largest absolute Gasteiger partial charge is 0.397 e. The van der Waals surface area contributed by atoms with Crippen LogP contribution in [-0.2, 0) is 14.6 Å². The Morgan fingerprint density at radius 3 is 2.55 bits per heavy atom. The summed E-state index contributed by atoms with van der Waals surface area (Å²) in [4.78, 5) is 11.8. The van der Waals surface area contributed by atoms with Crippen molar-refractivity contribution in [3.63, 3.8) is 0 Å². The van der Waals surface area contributed by atoms with E-state index < -0.39 is 9.84 Å². The second kappa shape index (κ2) is 6.26. The summed E-state index contributed by atoms with van der Waals surface area (Å²) in [5.74, 6) is -0.402. The second-order valence-electron chi connectivity index (χ2n) is 5.16. The van der Waals surface area contributed by atoms with Crippen LogP contribution in [0.3, 0.4) is 0 Å². The first-order valence-electron chi connectivity index (χ1n) is 6.85. The van der Waals surface area contributed by atoms with Crippen LogP contribution in [0.2, 0.25) is 0 Å². The van der Waals surface area contributed by atoms with Crippen molar-refractivity contribution < 1.29 is 13.2 Å². The quantitative estimate of drug-likeness (QED) is 0.813. The number of para-hydroxylation sites is 2. The molecule has 1 aliphatic carbocycles. The van der Waals surface area contributed by atoms with Gasteiger partial charge in [-0.15, -0.1) is 0 Å². The fraction of sp³-hybridized carbons (Fsp3) is 0.500. The van der Waals surface area contributed by atoms with Crippen LogP contribution < -0.4 is 11.1 Å². The van der Waals surface area contributed by atoms with E-state index in [1.807, 2.05) is 0 Å². The van der Waals surface area contributed by atoms with Gasteiger partial charge in [-0.3, -0.25) is 4.79 Å². The molecule has 110 valence electrons. The minimum absolute atomic E-state index is 0.0207. The summed E-state index contributed by atoms with van der Waals surface area (Å²) < 4.78 is 24.1. The fourth-order valence-corrected chi connectivity index (χ4v) is 4.33. The monoisotopic (exact) mass is 296 g/mol. The zero-order chi connectivity index (χ0) is 14.6. The van der Waals surface area contributed by atoms with Gasteiger partial charge >= 0.3 is 0 Å². The van der Waals surface area contributed by atoms with E-state index in [9.17, 15) is 13.2 Å². The molecule has 1 aliphatic rings. The van der Waals surface area contributed by atoms with Gasteiger partial charge in [-0.1, -0.05) is 25.0 Å². The van der Waals surface area contributed by atoms with E-state index in [1.54, 1.807) is 24.3 Å². The van der Waals surface area contributed by atoms with E-state index in [1.165, 1.54) is 0 Å². The molecular formula is C14H20N2O3S. The second-order valence-corrected chi connectivity index (χ2v) is 7.56. The average molecular weight is 296 g/mol. The molecule has 3 N–H and O–H groups in total. The highest BCUT2D eigenvalue weighted by Gasteiger charge is 2.28. The third-order valence-electron chi connectivity index (χ3n) is 3.66. The molecule has 0 aliphatic heterocycles. The number of nitrogens with one attached hydrogen (secondary N) is 1. The summed E-state index contributed by atoms with van der Waals surface area (Å²) >= 11 is 0. The van der Waals surface area contributed by atoms with Crippen LogP contribution in [-0.4, -0.2) is 25.3 Å². The number of anilines is 2. The van der Waals surface area contributed by atoms with Crippen LogP contribution >= 0.6 is 0 Å². The van der Waals surface area contributed by atoms with Crippen LogP contribution in [0.1, 0.15) is 32.1 Å². The smallest absolute Gasteiger partial charge is 0.225 e. The summed E-state index contributed by atoms with van der Waals surface area (Å²) in [6, 6.07) is 6.92. The average Bonchev–Trinajstić information content (AvgIpc) is 2.94. The zero-order valence-corrected chi connectivity index (χ0v) is 12.2. The number of carbonyl (C=O) groups excluding carboxylic acids is 1. The minimum atomic E-state index is -3.15. The van der Waals surface area contributed by atoms with Gasteiger partial charge in [0.1, 0.15) is 0 Å². The fourth-order valence-electron chi connectivity index (χ4n) is 2.47. The first-order valence-corrected chi connectivity index (χ1v) is 8.56. The Kier molecular flexibility index (Phi) is 4.65. The molecule has 1 amide bonds. The molecule has 0 atom stereocenters. The van der Waals surface area contributed by atoms with E-state index in [-0.39, 0.29) is 23.3 Å².